The molecule has 0 aliphatic carbocycles. The minimum absolute atomic E-state index is 0.242. The molecule has 1 aromatic carbocycles. The first-order valence-electron chi connectivity index (χ1n) is 4.05. The van der Waals surface area contributed by atoms with Crippen molar-refractivity contribution in [2.24, 2.45) is 5.73 Å². The number of rotatable bonds is 1. The van der Waals surface area contributed by atoms with Crippen molar-refractivity contribution in [3.8, 4) is 0 Å². The van der Waals surface area contributed by atoms with Crippen molar-refractivity contribution in [3.63, 3.8) is 0 Å². The highest BCUT2D eigenvalue weighted by atomic mass is 19.1. The Kier molecular flexibility index (Phi) is 1.94. The van der Waals surface area contributed by atoms with Crippen LogP contribution in [0, 0.1) is 5.82 Å². The van der Waals surface area contributed by atoms with Crippen molar-refractivity contribution >= 4 is 10.9 Å². The SMILES string of the molecule is NCc1ccc2c(F)cccc2n1. The molecule has 0 radical (unpaired) electrons. The molecule has 0 unspecified atom stereocenters. The predicted molar refractivity (Wildman–Crippen MR) is 49.6 cm³/mol. The molecule has 2 rings (SSSR count). The van der Waals surface area contributed by atoms with Crippen molar-refractivity contribution in [1.29, 1.82) is 0 Å². The molecule has 3 heteroatoms. The van der Waals surface area contributed by atoms with Gasteiger partial charge in [0.05, 0.1) is 11.2 Å². The van der Waals surface area contributed by atoms with Gasteiger partial charge in [0.25, 0.3) is 0 Å². The van der Waals surface area contributed by atoms with Crippen LogP contribution in [0.15, 0.2) is 30.3 Å². The van der Waals surface area contributed by atoms with E-state index in [1.54, 1.807) is 24.3 Å². The quantitative estimate of drug-likeness (QED) is 0.720. The summed E-state index contributed by atoms with van der Waals surface area (Å²) >= 11 is 0. The number of nitrogens with two attached hydrogens (primary N) is 1. The van der Waals surface area contributed by atoms with Crippen LogP contribution in [-0.4, -0.2) is 4.98 Å². The lowest BCUT2D eigenvalue weighted by Gasteiger charge is -2.00. The largest absolute Gasteiger partial charge is 0.325 e. The maximum absolute atomic E-state index is 13.2. The van der Waals surface area contributed by atoms with Gasteiger partial charge in [-0.2, -0.15) is 0 Å². The number of hydrogen-bond acceptors (Lipinski definition) is 2. The third kappa shape index (κ3) is 1.38. The van der Waals surface area contributed by atoms with Gasteiger partial charge < -0.3 is 5.73 Å². The Morgan fingerprint density at radius 1 is 1.23 bits per heavy atom. The molecule has 0 bridgehead atoms. The number of pyridine rings is 1. The standard InChI is InChI=1S/C10H9FN2/c11-9-2-1-3-10-8(9)5-4-7(6-12)13-10/h1-5H,6,12H2. The third-order valence-corrected chi connectivity index (χ3v) is 1.95. The Morgan fingerprint density at radius 3 is 2.85 bits per heavy atom. The molecular weight excluding hydrogens is 167 g/mol. The van der Waals surface area contributed by atoms with E-state index in [9.17, 15) is 4.39 Å². The first kappa shape index (κ1) is 8.13. The summed E-state index contributed by atoms with van der Waals surface area (Å²) in [5.41, 5.74) is 6.85. The summed E-state index contributed by atoms with van der Waals surface area (Å²) in [6.45, 7) is 0.381. The van der Waals surface area contributed by atoms with Gasteiger partial charge in [-0.1, -0.05) is 6.07 Å². The fraction of sp³-hybridized carbons (Fsp3) is 0.100. The normalized spacial score (nSPS) is 10.6. The highest BCUT2D eigenvalue weighted by Crippen LogP contribution is 2.15. The summed E-state index contributed by atoms with van der Waals surface area (Å²) < 4.78 is 13.2. The van der Waals surface area contributed by atoms with Gasteiger partial charge in [-0.25, -0.2) is 4.39 Å². The molecule has 13 heavy (non-hydrogen) atoms. The lowest BCUT2D eigenvalue weighted by molar-refractivity contribution is 0.639. The number of aromatic nitrogens is 1. The van der Waals surface area contributed by atoms with Crippen molar-refractivity contribution in [1.82, 2.24) is 4.98 Å². The zero-order valence-electron chi connectivity index (χ0n) is 7.00. The molecule has 0 spiro atoms. The van der Waals surface area contributed by atoms with E-state index >= 15 is 0 Å². The second-order valence-electron chi connectivity index (χ2n) is 2.81. The molecule has 66 valence electrons. The van der Waals surface area contributed by atoms with Crippen molar-refractivity contribution < 1.29 is 4.39 Å². The molecular formula is C10H9FN2. The number of nitrogens with zero attached hydrogens (tertiary/aromatic N) is 1. The van der Waals surface area contributed by atoms with Gasteiger partial charge in [0.15, 0.2) is 0 Å². The topological polar surface area (TPSA) is 38.9 Å². The fourth-order valence-corrected chi connectivity index (χ4v) is 1.27. The molecule has 0 atom stereocenters. The lowest BCUT2D eigenvalue weighted by atomic mass is 10.2. The summed E-state index contributed by atoms with van der Waals surface area (Å²) in [6.07, 6.45) is 0. The highest BCUT2D eigenvalue weighted by molar-refractivity contribution is 5.79. The fourth-order valence-electron chi connectivity index (χ4n) is 1.27. The summed E-state index contributed by atoms with van der Waals surface area (Å²) in [7, 11) is 0. The number of fused-ring (bicyclic) bond motifs is 1. The zero-order valence-corrected chi connectivity index (χ0v) is 7.00. The van der Waals surface area contributed by atoms with E-state index in [0.717, 1.165) is 5.69 Å². The molecule has 0 saturated heterocycles. The summed E-state index contributed by atoms with van der Waals surface area (Å²) in [5.74, 6) is -0.242. The Labute approximate surface area is 75.2 Å². The van der Waals surface area contributed by atoms with Gasteiger partial charge >= 0.3 is 0 Å². The third-order valence-electron chi connectivity index (χ3n) is 1.95. The maximum atomic E-state index is 13.2. The van der Waals surface area contributed by atoms with E-state index < -0.39 is 0 Å². The number of halogens is 1. The van der Waals surface area contributed by atoms with E-state index in [0.29, 0.717) is 17.4 Å². The van der Waals surface area contributed by atoms with Crippen LogP contribution in [0.25, 0.3) is 10.9 Å². The van der Waals surface area contributed by atoms with Crippen LogP contribution in [0.2, 0.25) is 0 Å². The van der Waals surface area contributed by atoms with Crippen molar-refractivity contribution in [3.05, 3.63) is 41.8 Å². The van der Waals surface area contributed by atoms with Crippen LogP contribution in [0.1, 0.15) is 5.69 Å². The first-order valence-corrected chi connectivity index (χ1v) is 4.05. The van der Waals surface area contributed by atoms with Gasteiger partial charge in [0.2, 0.25) is 0 Å². The Bertz CT molecular complexity index is 440. The van der Waals surface area contributed by atoms with Crippen LogP contribution in [0.3, 0.4) is 0 Å². The Morgan fingerprint density at radius 2 is 2.08 bits per heavy atom. The summed E-state index contributed by atoms with van der Waals surface area (Å²) in [4.78, 5) is 4.19. The molecule has 0 aliphatic heterocycles. The predicted octanol–water partition coefficient (Wildman–Crippen LogP) is 1.83. The van der Waals surface area contributed by atoms with Crippen LogP contribution in [0.5, 0.6) is 0 Å². The van der Waals surface area contributed by atoms with E-state index in [-0.39, 0.29) is 5.82 Å². The van der Waals surface area contributed by atoms with Gasteiger partial charge in [-0.3, -0.25) is 4.98 Å². The second kappa shape index (κ2) is 3.11. The van der Waals surface area contributed by atoms with E-state index in [1.807, 2.05) is 0 Å². The average molecular weight is 176 g/mol. The minimum atomic E-state index is -0.242. The molecule has 2 N–H and O–H groups in total. The van der Waals surface area contributed by atoms with Gasteiger partial charge in [0, 0.05) is 11.9 Å². The minimum Gasteiger partial charge on any atom is -0.325 e. The smallest absolute Gasteiger partial charge is 0.132 e. The molecule has 1 heterocycles. The van der Waals surface area contributed by atoms with Gasteiger partial charge in [0.1, 0.15) is 5.82 Å². The van der Waals surface area contributed by atoms with Crippen molar-refractivity contribution in [2.45, 2.75) is 6.54 Å². The molecule has 2 aromatic rings. The molecule has 0 amide bonds. The molecule has 0 fully saturated rings. The second-order valence-corrected chi connectivity index (χ2v) is 2.81. The highest BCUT2D eigenvalue weighted by Gasteiger charge is 2.00. The maximum Gasteiger partial charge on any atom is 0.132 e. The summed E-state index contributed by atoms with van der Waals surface area (Å²) in [5, 5.41) is 0.541. The monoisotopic (exact) mass is 176 g/mol. The van der Waals surface area contributed by atoms with Gasteiger partial charge in [-0.05, 0) is 24.3 Å². The average Bonchev–Trinajstić information content (AvgIpc) is 2.18. The summed E-state index contributed by atoms with van der Waals surface area (Å²) in [6, 6.07) is 8.29. The van der Waals surface area contributed by atoms with Crippen LogP contribution in [0.4, 0.5) is 4.39 Å². The van der Waals surface area contributed by atoms with Crippen LogP contribution >= 0.6 is 0 Å². The Balaban J connectivity index is 2.72. The van der Waals surface area contributed by atoms with Gasteiger partial charge in [-0.15, -0.1) is 0 Å². The Hall–Kier alpha value is -1.48. The van der Waals surface area contributed by atoms with Crippen LogP contribution in [-0.2, 0) is 6.54 Å². The molecule has 0 saturated carbocycles. The molecule has 1 aromatic heterocycles. The van der Waals surface area contributed by atoms with Crippen molar-refractivity contribution in [2.75, 3.05) is 0 Å². The molecule has 0 aliphatic rings. The first-order chi connectivity index (χ1) is 6.31. The van der Waals surface area contributed by atoms with E-state index in [4.69, 9.17) is 5.73 Å². The number of hydrogen-bond donors (Lipinski definition) is 1. The number of benzene rings is 1. The van der Waals surface area contributed by atoms with Crippen LogP contribution < -0.4 is 5.73 Å². The zero-order chi connectivity index (χ0) is 9.26. The lowest BCUT2D eigenvalue weighted by Crippen LogP contribution is -1.99. The molecule has 2 nitrogen and oxygen atoms in total. The van der Waals surface area contributed by atoms with E-state index in [2.05, 4.69) is 4.98 Å². The van der Waals surface area contributed by atoms with E-state index in [1.165, 1.54) is 6.07 Å².